The molecule has 4 aliphatic rings. The van der Waals surface area contributed by atoms with Gasteiger partial charge in [0.1, 0.15) is 11.2 Å². The Bertz CT molecular complexity index is 2470. The molecule has 2 atom stereocenters. The fraction of sp³-hybridized carbons (Fsp3) is 0.655. The van der Waals surface area contributed by atoms with Crippen LogP contribution in [-0.2, 0) is 31.9 Å². The lowest BCUT2D eigenvalue weighted by Gasteiger charge is -2.41. The fourth-order valence-electron chi connectivity index (χ4n) is 11.4. The number of carbonyl (C=O) groups is 4. The Labute approximate surface area is 436 Å². The van der Waals surface area contributed by atoms with Crippen LogP contribution in [0.5, 0.6) is 0 Å². The third-order valence-electron chi connectivity index (χ3n) is 14.9. The van der Waals surface area contributed by atoms with E-state index in [1.165, 1.54) is 55.4 Å². The lowest BCUT2D eigenvalue weighted by Crippen LogP contribution is -2.46. The topological polar surface area (TPSA) is 160 Å². The second-order valence-corrected chi connectivity index (χ2v) is 24.0. The van der Waals surface area contributed by atoms with Gasteiger partial charge in [-0.3, -0.25) is 9.59 Å². The van der Waals surface area contributed by atoms with Crippen LogP contribution in [0, 0.1) is 49.4 Å². The molecule has 4 aromatic rings. The standard InChI is InChI=1S/C29H43N3O3.C15H20N2.C14H25NO4.ClH/c1-18(2)26-25-23(22-13-8-19(3)16-24(22)30-25)14-15-32(26)27(33)21-11-9-20(10-12-21)17-31(7)28(34)35-29(4,5)6;1-9(2)14-15-12(6-7-16-14)11-5-4-10(3)8-13(11)17-15;1-14(2,3)19-13(18)15(4)9-10-5-7-11(8-6-10)12(16)17;/h8,13,16,18,20-21,26,30H,9-12,14-15,17H2,1-7H3;4-5,8-9,14,16-17H,6-7H2,1-3H3;10-11H,5-9H2,1-4H3,(H,16,17);1H. The van der Waals surface area contributed by atoms with Crippen molar-refractivity contribution in [2.75, 3.05) is 40.3 Å². The zero-order valence-electron chi connectivity index (χ0n) is 46.1. The van der Waals surface area contributed by atoms with Crippen molar-refractivity contribution in [2.45, 2.75) is 171 Å². The first-order valence-corrected chi connectivity index (χ1v) is 26.7. The number of amides is 3. The third kappa shape index (κ3) is 14.9. The van der Waals surface area contributed by atoms with E-state index in [0.717, 1.165) is 64.5 Å². The first-order chi connectivity index (χ1) is 33.3. The van der Waals surface area contributed by atoms with Crippen LogP contribution in [0.25, 0.3) is 21.8 Å². The molecule has 400 valence electrons. The van der Waals surface area contributed by atoms with E-state index in [9.17, 15) is 19.2 Å². The molecule has 4 heterocycles. The van der Waals surface area contributed by atoms with Crippen LogP contribution in [0.2, 0.25) is 0 Å². The molecule has 8 rings (SSSR count). The van der Waals surface area contributed by atoms with Crippen molar-refractivity contribution in [3.63, 3.8) is 0 Å². The summed E-state index contributed by atoms with van der Waals surface area (Å²) in [5, 5.41) is 15.3. The number of ether oxygens (including phenoxy) is 2. The predicted molar refractivity (Wildman–Crippen MR) is 292 cm³/mol. The number of aryl methyl sites for hydroxylation is 2. The molecule has 2 aromatic heterocycles. The zero-order valence-corrected chi connectivity index (χ0v) is 46.9. The fourth-order valence-corrected chi connectivity index (χ4v) is 11.4. The van der Waals surface area contributed by atoms with Gasteiger partial charge in [0.2, 0.25) is 5.91 Å². The van der Waals surface area contributed by atoms with E-state index < -0.39 is 17.2 Å². The average molecular weight is 1020 g/mol. The summed E-state index contributed by atoms with van der Waals surface area (Å²) < 4.78 is 10.8. The number of rotatable bonds is 8. The first-order valence-electron chi connectivity index (χ1n) is 26.7. The molecule has 72 heavy (non-hydrogen) atoms. The van der Waals surface area contributed by atoms with E-state index >= 15 is 0 Å². The number of benzene rings is 2. The molecule has 0 spiro atoms. The number of nitrogens with one attached hydrogen (secondary N) is 3. The van der Waals surface area contributed by atoms with Gasteiger partial charge in [0, 0.05) is 78.9 Å². The normalized spacial score (nSPS) is 22.1. The van der Waals surface area contributed by atoms with Gasteiger partial charge in [0.05, 0.1) is 12.0 Å². The maximum absolute atomic E-state index is 13.8. The van der Waals surface area contributed by atoms with E-state index in [1.54, 1.807) is 16.8 Å². The lowest BCUT2D eigenvalue weighted by molar-refractivity contribution is -0.143. The van der Waals surface area contributed by atoms with Crippen LogP contribution in [0.1, 0.15) is 166 Å². The monoisotopic (exact) mass is 1020 g/mol. The highest BCUT2D eigenvalue weighted by molar-refractivity contribution is 5.88. The lowest BCUT2D eigenvalue weighted by atomic mass is 9.80. The maximum Gasteiger partial charge on any atom is 0.410 e. The maximum atomic E-state index is 13.8. The number of aromatic amines is 2. The Kier molecular flexibility index (Phi) is 19.8. The molecule has 2 aliphatic carbocycles. The summed E-state index contributed by atoms with van der Waals surface area (Å²) in [7, 11) is 3.54. The van der Waals surface area contributed by atoms with E-state index in [2.05, 4.69) is 98.1 Å². The van der Waals surface area contributed by atoms with Crippen LogP contribution < -0.4 is 5.32 Å². The molecule has 2 aromatic carbocycles. The minimum atomic E-state index is -0.695. The van der Waals surface area contributed by atoms with E-state index in [1.807, 2.05) is 48.6 Å². The van der Waals surface area contributed by atoms with Crippen molar-refractivity contribution >= 4 is 58.3 Å². The molecule has 3 amide bonds. The molecule has 2 aliphatic heterocycles. The summed E-state index contributed by atoms with van der Waals surface area (Å²) in [6.07, 6.45) is 8.35. The highest BCUT2D eigenvalue weighted by Gasteiger charge is 2.39. The molecule has 2 saturated carbocycles. The average Bonchev–Trinajstić information content (AvgIpc) is 3.85. The van der Waals surface area contributed by atoms with Crippen LogP contribution in [0.15, 0.2) is 36.4 Å². The molecule has 2 unspecified atom stereocenters. The van der Waals surface area contributed by atoms with Gasteiger partial charge < -0.3 is 44.6 Å². The number of hydrogen-bond acceptors (Lipinski definition) is 7. The second-order valence-electron chi connectivity index (χ2n) is 24.0. The van der Waals surface area contributed by atoms with Gasteiger partial charge >= 0.3 is 18.2 Å². The van der Waals surface area contributed by atoms with Gasteiger partial charge in [-0.25, -0.2) is 9.59 Å². The number of aromatic nitrogens is 2. The zero-order chi connectivity index (χ0) is 52.1. The number of halogens is 1. The van der Waals surface area contributed by atoms with Crippen LogP contribution in [0.4, 0.5) is 9.59 Å². The molecule has 0 bridgehead atoms. The number of carboxylic acids is 1. The van der Waals surface area contributed by atoms with Crippen molar-refractivity contribution in [1.82, 2.24) is 30.0 Å². The Morgan fingerprint density at radius 3 is 1.54 bits per heavy atom. The number of carboxylic acid groups (broad SMARTS) is 1. The molecule has 0 saturated heterocycles. The summed E-state index contributed by atoms with van der Waals surface area (Å²) in [6, 6.07) is 13.9. The quantitative estimate of drug-likeness (QED) is 0.136. The summed E-state index contributed by atoms with van der Waals surface area (Å²) in [5.74, 6) is 1.25. The number of hydrogen-bond donors (Lipinski definition) is 4. The third-order valence-corrected chi connectivity index (χ3v) is 14.9. The van der Waals surface area contributed by atoms with Gasteiger partial charge in [0.25, 0.3) is 0 Å². The summed E-state index contributed by atoms with van der Waals surface area (Å²) in [4.78, 5) is 61.5. The van der Waals surface area contributed by atoms with Gasteiger partial charge in [-0.1, -0.05) is 52.0 Å². The van der Waals surface area contributed by atoms with Gasteiger partial charge in [-0.05, 0) is 184 Å². The Hall–Kier alpha value is -4.75. The molecule has 13 nitrogen and oxygen atoms in total. The Morgan fingerprint density at radius 2 is 1.11 bits per heavy atom. The molecule has 0 radical (unpaired) electrons. The van der Waals surface area contributed by atoms with Crippen molar-refractivity contribution in [1.29, 1.82) is 0 Å². The summed E-state index contributed by atoms with van der Waals surface area (Å²) >= 11 is 0. The van der Waals surface area contributed by atoms with Crippen molar-refractivity contribution < 1.29 is 33.8 Å². The van der Waals surface area contributed by atoms with Gasteiger partial charge in [-0.15, -0.1) is 12.4 Å². The second kappa shape index (κ2) is 24.5. The molecular weight excluding hydrogens is 928 g/mol. The van der Waals surface area contributed by atoms with Crippen LogP contribution in [0.3, 0.4) is 0 Å². The smallest absolute Gasteiger partial charge is 0.410 e. The first kappa shape index (κ1) is 58.1. The van der Waals surface area contributed by atoms with E-state index in [4.69, 9.17) is 14.6 Å². The van der Waals surface area contributed by atoms with Gasteiger partial charge in [0.15, 0.2) is 0 Å². The molecular formula is C58H89ClN6O7. The summed E-state index contributed by atoms with van der Waals surface area (Å²) in [6.45, 7) is 27.7. The Morgan fingerprint density at radius 1 is 0.667 bits per heavy atom. The van der Waals surface area contributed by atoms with Crippen molar-refractivity contribution in [2.24, 2.45) is 35.5 Å². The predicted octanol–water partition coefficient (Wildman–Crippen LogP) is 12.7. The van der Waals surface area contributed by atoms with Gasteiger partial charge in [-0.2, -0.15) is 0 Å². The number of fused-ring (bicyclic) bond motifs is 6. The molecule has 14 heteroatoms. The van der Waals surface area contributed by atoms with Crippen LogP contribution in [-0.4, -0.2) is 105 Å². The highest BCUT2D eigenvalue weighted by atomic mass is 35.5. The van der Waals surface area contributed by atoms with Crippen LogP contribution >= 0.6 is 12.4 Å². The van der Waals surface area contributed by atoms with Crippen molar-refractivity contribution in [3.05, 3.63) is 70.0 Å². The molecule has 4 N–H and O–H groups in total. The number of aliphatic carboxylic acids is 1. The minimum Gasteiger partial charge on any atom is -0.481 e. The number of nitrogens with zero attached hydrogens (tertiary/aromatic N) is 3. The SMILES string of the molecule is CN(CC1CCC(C(=O)O)CC1)C(=O)OC(C)(C)C.Cc1ccc2c3c([nH]c2c1)C(C(C)C)N(C(=O)C1CCC(CN(C)C(=O)OC(C)(C)C)CC1)CC3.Cc1ccc2c3c([nH]c2c1)C(C(C)C)NCC3.Cl. The Balaban J connectivity index is 0.000000219. The number of carbonyl (C=O) groups excluding carboxylic acids is 3. The van der Waals surface area contributed by atoms with E-state index in [0.29, 0.717) is 61.6 Å². The van der Waals surface area contributed by atoms with Crippen molar-refractivity contribution in [3.8, 4) is 0 Å². The summed E-state index contributed by atoms with van der Waals surface area (Å²) in [5.41, 5.74) is 9.64. The minimum absolute atomic E-state index is 0. The number of H-pyrrole nitrogens is 2. The van der Waals surface area contributed by atoms with E-state index in [-0.39, 0.29) is 42.5 Å². The largest absolute Gasteiger partial charge is 0.481 e. The highest BCUT2D eigenvalue weighted by Crippen LogP contribution is 2.41. The molecule has 2 fully saturated rings.